The van der Waals surface area contributed by atoms with Gasteiger partial charge in [-0.2, -0.15) is 0 Å². The van der Waals surface area contributed by atoms with Crippen LogP contribution in [0.2, 0.25) is 0 Å². The van der Waals surface area contributed by atoms with Crippen molar-refractivity contribution in [2.45, 2.75) is 24.9 Å². The van der Waals surface area contributed by atoms with Crippen LogP contribution in [0.5, 0.6) is 0 Å². The number of anilines is 1. The Hall–Kier alpha value is -3.31. The van der Waals surface area contributed by atoms with E-state index in [2.05, 4.69) is 29.6 Å². The number of imidazole rings is 1. The summed E-state index contributed by atoms with van der Waals surface area (Å²) in [7, 11) is -3.85. The molecule has 0 aliphatic carbocycles. The molecule has 0 amide bonds. The van der Waals surface area contributed by atoms with Crippen molar-refractivity contribution in [3.8, 4) is 11.5 Å². The predicted molar refractivity (Wildman–Crippen MR) is 101 cm³/mol. The number of aromatic nitrogens is 5. The third kappa shape index (κ3) is 3.10. The lowest BCUT2D eigenvalue weighted by Gasteiger charge is -2.10. The molecule has 0 bridgehead atoms. The summed E-state index contributed by atoms with van der Waals surface area (Å²) >= 11 is 0. The van der Waals surface area contributed by atoms with Crippen LogP contribution in [0.25, 0.3) is 22.6 Å². The Morgan fingerprint density at radius 3 is 2.64 bits per heavy atom. The van der Waals surface area contributed by atoms with Crippen LogP contribution in [0.15, 0.2) is 52.3 Å². The summed E-state index contributed by atoms with van der Waals surface area (Å²) in [6, 6.07) is 9.25. The number of hydrogen-bond donors (Lipinski definition) is 2. The van der Waals surface area contributed by atoms with Crippen molar-refractivity contribution in [2.24, 2.45) is 0 Å². The summed E-state index contributed by atoms with van der Waals surface area (Å²) < 4.78 is 34.9. The second-order valence-corrected chi connectivity index (χ2v) is 7.73. The SMILES string of the molecule is CCn1c(-c2nonc2N)nc2cncc(S(=O)(=O)NCc3ccccc3)c21. The highest BCUT2D eigenvalue weighted by Gasteiger charge is 2.25. The molecule has 0 spiro atoms. The van der Waals surface area contributed by atoms with Gasteiger partial charge in [0.15, 0.2) is 17.3 Å². The van der Waals surface area contributed by atoms with Crippen LogP contribution in [0, 0.1) is 0 Å². The van der Waals surface area contributed by atoms with Crippen molar-refractivity contribution in [1.82, 2.24) is 29.6 Å². The average Bonchev–Trinajstić information content (AvgIpc) is 3.29. The summed E-state index contributed by atoms with van der Waals surface area (Å²) in [6.07, 6.45) is 2.79. The molecular weight excluding hydrogens is 382 g/mol. The van der Waals surface area contributed by atoms with Gasteiger partial charge in [0.05, 0.1) is 11.7 Å². The van der Waals surface area contributed by atoms with E-state index in [1.54, 1.807) is 4.57 Å². The highest BCUT2D eigenvalue weighted by atomic mass is 32.2. The van der Waals surface area contributed by atoms with Crippen molar-refractivity contribution in [2.75, 3.05) is 5.73 Å². The number of hydrogen-bond acceptors (Lipinski definition) is 8. The molecule has 0 radical (unpaired) electrons. The van der Waals surface area contributed by atoms with Crippen molar-refractivity contribution in [3.05, 3.63) is 48.3 Å². The zero-order chi connectivity index (χ0) is 19.7. The van der Waals surface area contributed by atoms with Gasteiger partial charge in [-0.15, -0.1) is 0 Å². The number of benzene rings is 1. The first-order valence-electron chi connectivity index (χ1n) is 8.47. The van der Waals surface area contributed by atoms with E-state index in [0.29, 0.717) is 23.4 Å². The molecular formula is C17H17N7O3S. The summed E-state index contributed by atoms with van der Waals surface area (Å²) in [5, 5.41) is 7.34. The number of aryl methyl sites for hydroxylation is 1. The van der Waals surface area contributed by atoms with E-state index in [4.69, 9.17) is 5.73 Å². The Morgan fingerprint density at radius 1 is 1.18 bits per heavy atom. The lowest BCUT2D eigenvalue weighted by atomic mass is 10.2. The first kappa shape index (κ1) is 18.1. The summed E-state index contributed by atoms with van der Waals surface area (Å²) in [5.74, 6) is 0.438. The van der Waals surface area contributed by atoms with Crippen LogP contribution in [-0.4, -0.2) is 33.3 Å². The second-order valence-electron chi connectivity index (χ2n) is 5.99. The molecule has 0 atom stereocenters. The number of fused-ring (bicyclic) bond motifs is 1. The molecule has 3 N–H and O–H groups in total. The van der Waals surface area contributed by atoms with Crippen molar-refractivity contribution in [3.63, 3.8) is 0 Å². The molecule has 3 aromatic heterocycles. The highest BCUT2D eigenvalue weighted by Crippen LogP contribution is 2.29. The molecule has 0 saturated carbocycles. The standard InChI is InChI=1S/C17H17N7O3S/c1-2-24-15-12(21-17(24)14-16(18)23-27-22-14)9-19-10-13(15)28(25,26)20-8-11-6-4-3-5-7-11/h3-7,9-10,20H,2,8H2,1H3,(H2,18,23). The topological polar surface area (TPSA) is 142 Å². The van der Waals surface area contributed by atoms with Crippen molar-refractivity contribution < 1.29 is 13.0 Å². The van der Waals surface area contributed by atoms with Crippen molar-refractivity contribution in [1.29, 1.82) is 0 Å². The highest BCUT2D eigenvalue weighted by molar-refractivity contribution is 7.89. The van der Waals surface area contributed by atoms with E-state index < -0.39 is 10.0 Å². The number of nitrogens with one attached hydrogen (secondary N) is 1. The van der Waals surface area contributed by atoms with E-state index in [1.165, 1.54) is 12.4 Å². The Balaban J connectivity index is 1.81. The van der Waals surface area contributed by atoms with E-state index in [1.807, 2.05) is 37.3 Å². The molecule has 1 aromatic carbocycles. The van der Waals surface area contributed by atoms with E-state index in [9.17, 15) is 8.42 Å². The van der Waals surface area contributed by atoms with Gasteiger partial charge < -0.3 is 10.3 Å². The molecule has 28 heavy (non-hydrogen) atoms. The minimum Gasteiger partial charge on any atom is -0.379 e. The van der Waals surface area contributed by atoms with Gasteiger partial charge in [-0.1, -0.05) is 30.3 Å². The average molecular weight is 399 g/mol. The fraction of sp³-hybridized carbons (Fsp3) is 0.176. The number of sulfonamides is 1. The lowest BCUT2D eigenvalue weighted by molar-refractivity contribution is 0.310. The van der Waals surface area contributed by atoms with Crippen LogP contribution >= 0.6 is 0 Å². The number of pyridine rings is 1. The molecule has 4 rings (SSSR count). The molecule has 11 heteroatoms. The van der Waals surface area contributed by atoms with Crippen molar-refractivity contribution >= 4 is 26.9 Å². The van der Waals surface area contributed by atoms with E-state index in [0.717, 1.165) is 5.56 Å². The molecule has 10 nitrogen and oxygen atoms in total. The largest absolute Gasteiger partial charge is 0.379 e. The van der Waals surface area contributed by atoms with E-state index >= 15 is 0 Å². The van der Waals surface area contributed by atoms with Crippen LogP contribution in [0.3, 0.4) is 0 Å². The van der Waals surface area contributed by atoms with Gasteiger partial charge in [0.1, 0.15) is 10.4 Å². The number of nitrogens with zero attached hydrogens (tertiary/aromatic N) is 5. The smallest absolute Gasteiger partial charge is 0.244 e. The first-order valence-corrected chi connectivity index (χ1v) is 9.96. The Morgan fingerprint density at radius 2 is 1.96 bits per heavy atom. The van der Waals surface area contributed by atoms with Crippen LogP contribution in [0.1, 0.15) is 12.5 Å². The molecule has 0 aliphatic heterocycles. The Labute approximate surface area is 160 Å². The zero-order valence-corrected chi connectivity index (χ0v) is 15.7. The van der Waals surface area contributed by atoms with Crippen LogP contribution in [0.4, 0.5) is 5.82 Å². The number of nitrogens with two attached hydrogens (primary N) is 1. The third-order valence-corrected chi connectivity index (χ3v) is 5.66. The Kier molecular flexibility index (Phi) is 4.53. The fourth-order valence-electron chi connectivity index (χ4n) is 2.95. The van der Waals surface area contributed by atoms with Gasteiger partial charge in [0, 0.05) is 19.3 Å². The minimum absolute atomic E-state index is 0.0246. The summed E-state index contributed by atoms with van der Waals surface area (Å²) in [4.78, 5) is 8.51. The van der Waals surface area contributed by atoms with Gasteiger partial charge >= 0.3 is 0 Å². The maximum Gasteiger partial charge on any atom is 0.244 e. The van der Waals surface area contributed by atoms with Crippen LogP contribution in [-0.2, 0) is 23.1 Å². The molecule has 4 aromatic rings. The molecule has 3 heterocycles. The maximum absolute atomic E-state index is 13.0. The first-order chi connectivity index (χ1) is 13.5. The Bertz CT molecular complexity index is 1230. The maximum atomic E-state index is 13.0. The monoisotopic (exact) mass is 399 g/mol. The third-order valence-electron chi connectivity index (χ3n) is 4.26. The van der Waals surface area contributed by atoms with E-state index in [-0.39, 0.29) is 23.0 Å². The van der Waals surface area contributed by atoms with Crippen LogP contribution < -0.4 is 10.5 Å². The fourth-order valence-corrected chi connectivity index (χ4v) is 4.13. The minimum atomic E-state index is -3.85. The zero-order valence-electron chi connectivity index (χ0n) is 14.9. The molecule has 0 aliphatic rings. The van der Waals surface area contributed by atoms with Gasteiger partial charge in [-0.05, 0) is 22.8 Å². The molecule has 0 saturated heterocycles. The molecule has 0 fully saturated rings. The number of nitrogen functional groups attached to an aromatic ring is 1. The number of rotatable bonds is 6. The molecule has 144 valence electrons. The quantitative estimate of drug-likeness (QED) is 0.497. The van der Waals surface area contributed by atoms with Gasteiger partial charge in [0.25, 0.3) is 0 Å². The lowest BCUT2D eigenvalue weighted by Crippen LogP contribution is -2.24. The summed E-state index contributed by atoms with van der Waals surface area (Å²) in [5.41, 5.74) is 7.70. The van der Waals surface area contributed by atoms with Gasteiger partial charge in [-0.25, -0.2) is 22.8 Å². The normalized spacial score (nSPS) is 11.9. The van der Waals surface area contributed by atoms with Gasteiger partial charge in [-0.3, -0.25) is 4.98 Å². The summed E-state index contributed by atoms with van der Waals surface area (Å²) in [6.45, 7) is 2.46. The van der Waals surface area contributed by atoms with Gasteiger partial charge in [0.2, 0.25) is 10.0 Å². The predicted octanol–water partition coefficient (Wildman–Crippen LogP) is 1.56. The second kappa shape index (κ2) is 7.02. The molecule has 0 unspecified atom stereocenters.